The molecule has 0 radical (unpaired) electrons. The van der Waals surface area contributed by atoms with Crippen LogP contribution in [0.25, 0.3) is 10.8 Å². The van der Waals surface area contributed by atoms with Crippen molar-refractivity contribution in [3.63, 3.8) is 0 Å². The van der Waals surface area contributed by atoms with Gasteiger partial charge in [0.15, 0.2) is 6.10 Å². The molecular formula is C20H19N3O4S. The number of aryl methyl sites for hydroxylation is 1. The minimum Gasteiger partial charge on any atom is -0.477 e. The van der Waals surface area contributed by atoms with Crippen LogP contribution in [-0.4, -0.2) is 36.5 Å². The Kier molecular flexibility index (Phi) is 4.87. The molecular weight excluding hydrogens is 378 g/mol. The molecule has 1 atom stereocenters. The van der Waals surface area contributed by atoms with Crippen molar-refractivity contribution in [2.24, 2.45) is 0 Å². The number of benzene rings is 1. The smallest absolute Gasteiger partial charge is 0.262 e. The lowest BCUT2D eigenvalue weighted by Gasteiger charge is -2.34. The Labute approximate surface area is 165 Å². The number of nitrogens with one attached hydrogen (secondary N) is 1. The van der Waals surface area contributed by atoms with Crippen LogP contribution in [0.3, 0.4) is 0 Å². The Morgan fingerprint density at radius 2 is 2.11 bits per heavy atom. The number of thiophene rings is 1. The number of amides is 2. The summed E-state index contributed by atoms with van der Waals surface area (Å²) in [4.78, 5) is 32.2. The highest BCUT2D eigenvalue weighted by Crippen LogP contribution is 2.34. The van der Waals surface area contributed by atoms with E-state index in [9.17, 15) is 9.59 Å². The third-order valence-electron chi connectivity index (χ3n) is 4.56. The number of carbonyl (C=O) groups excluding carboxylic acids is 2. The van der Waals surface area contributed by atoms with Gasteiger partial charge in [-0.05, 0) is 30.5 Å². The maximum atomic E-state index is 13.1. The molecule has 7 nitrogen and oxygen atoms in total. The van der Waals surface area contributed by atoms with Gasteiger partial charge < -0.3 is 19.4 Å². The van der Waals surface area contributed by atoms with Gasteiger partial charge in [-0.15, -0.1) is 11.3 Å². The molecule has 8 heteroatoms. The van der Waals surface area contributed by atoms with E-state index in [2.05, 4.69) is 10.3 Å². The van der Waals surface area contributed by atoms with Gasteiger partial charge in [-0.2, -0.15) is 0 Å². The predicted octanol–water partition coefficient (Wildman–Crippen LogP) is 2.79. The fourth-order valence-corrected chi connectivity index (χ4v) is 3.75. The summed E-state index contributed by atoms with van der Waals surface area (Å²) in [7, 11) is 1.54. The lowest BCUT2D eigenvalue weighted by Crippen LogP contribution is -2.50. The highest BCUT2D eigenvalue weighted by Gasteiger charge is 2.33. The first-order valence-corrected chi connectivity index (χ1v) is 9.72. The van der Waals surface area contributed by atoms with Crippen LogP contribution in [0, 0.1) is 6.92 Å². The highest BCUT2D eigenvalue weighted by atomic mass is 32.1. The van der Waals surface area contributed by atoms with E-state index in [0.29, 0.717) is 28.8 Å². The maximum Gasteiger partial charge on any atom is 0.262 e. The number of likely N-dealkylation sites (N-methyl/N-ethyl adjacent to an activating group) is 1. The molecule has 1 aliphatic heterocycles. The molecule has 2 amide bonds. The number of aromatic nitrogens is 1. The van der Waals surface area contributed by atoms with Crippen molar-refractivity contribution in [1.82, 2.24) is 10.3 Å². The number of oxazole rings is 1. The second-order valence-electron chi connectivity index (χ2n) is 6.37. The third kappa shape index (κ3) is 3.38. The molecule has 0 saturated carbocycles. The molecule has 1 aliphatic rings. The average Bonchev–Trinajstić information content (AvgIpc) is 3.36. The van der Waals surface area contributed by atoms with Crippen LogP contribution in [0.2, 0.25) is 0 Å². The summed E-state index contributed by atoms with van der Waals surface area (Å²) in [5, 5.41) is 4.52. The van der Waals surface area contributed by atoms with E-state index in [-0.39, 0.29) is 24.8 Å². The zero-order valence-corrected chi connectivity index (χ0v) is 16.3. The fourth-order valence-electron chi connectivity index (χ4n) is 3.10. The molecule has 1 unspecified atom stereocenters. The normalized spacial score (nSPS) is 15.6. The summed E-state index contributed by atoms with van der Waals surface area (Å²) in [6.45, 7) is 1.94. The monoisotopic (exact) mass is 397 g/mol. The molecule has 0 fully saturated rings. The first kappa shape index (κ1) is 18.2. The molecule has 1 N–H and O–H groups in total. The molecule has 1 aromatic carbocycles. The number of ether oxygens (including phenoxy) is 1. The third-order valence-corrected chi connectivity index (χ3v) is 5.41. The van der Waals surface area contributed by atoms with E-state index in [1.807, 2.05) is 29.6 Å². The van der Waals surface area contributed by atoms with Crippen LogP contribution in [0.1, 0.15) is 11.5 Å². The molecule has 0 saturated heterocycles. The van der Waals surface area contributed by atoms with Crippen molar-refractivity contribution >= 4 is 28.8 Å². The minimum absolute atomic E-state index is 0.0789. The van der Waals surface area contributed by atoms with Gasteiger partial charge in [0.2, 0.25) is 11.8 Å². The van der Waals surface area contributed by atoms with Gasteiger partial charge in [-0.1, -0.05) is 18.2 Å². The van der Waals surface area contributed by atoms with E-state index in [4.69, 9.17) is 9.15 Å². The summed E-state index contributed by atoms with van der Waals surface area (Å²) < 4.78 is 11.5. The number of nitrogens with zero attached hydrogens (tertiary/aromatic N) is 2. The highest BCUT2D eigenvalue weighted by molar-refractivity contribution is 7.13. The van der Waals surface area contributed by atoms with Crippen molar-refractivity contribution in [2.75, 3.05) is 18.5 Å². The number of anilines is 1. The predicted molar refractivity (Wildman–Crippen MR) is 106 cm³/mol. The summed E-state index contributed by atoms with van der Waals surface area (Å²) in [5.74, 6) is 1.19. The molecule has 2 aromatic heterocycles. The molecule has 3 heterocycles. The SMILES string of the molecule is CNC(=O)C1CN(C(=O)Cc2nc(-c3cccs3)oc2C)c2ccccc2O1. The average molecular weight is 397 g/mol. The van der Waals surface area contributed by atoms with E-state index in [1.54, 1.807) is 31.0 Å². The Morgan fingerprint density at radius 3 is 2.86 bits per heavy atom. The zero-order valence-electron chi connectivity index (χ0n) is 15.5. The molecule has 0 bridgehead atoms. The Hall–Kier alpha value is -3.13. The molecule has 0 spiro atoms. The summed E-state index contributed by atoms with van der Waals surface area (Å²) in [5.41, 5.74) is 1.24. The Morgan fingerprint density at radius 1 is 1.29 bits per heavy atom. The lowest BCUT2D eigenvalue weighted by molar-refractivity contribution is -0.127. The maximum absolute atomic E-state index is 13.1. The van der Waals surface area contributed by atoms with Crippen molar-refractivity contribution in [3.05, 3.63) is 53.2 Å². The Bertz CT molecular complexity index is 1010. The summed E-state index contributed by atoms with van der Waals surface area (Å²) in [6.07, 6.45) is -0.681. The number of rotatable bonds is 4. The van der Waals surface area contributed by atoms with Crippen LogP contribution in [0.15, 0.2) is 46.2 Å². The summed E-state index contributed by atoms with van der Waals surface area (Å²) >= 11 is 1.53. The second kappa shape index (κ2) is 7.47. The molecule has 4 rings (SSSR count). The van der Waals surface area contributed by atoms with Crippen molar-refractivity contribution < 1.29 is 18.7 Å². The molecule has 144 valence electrons. The van der Waals surface area contributed by atoms with E-state index < -0.39 is 6.10 Å². The molecule has 28 heavy (non-hydrogen) atoms. The van der Waals surface area contributed by atoms with Gasteiger partial charge in [0, 0.05) is 7.05 Å². The van der Waals surface area contributed by atoms with Gasteiger partial charge in [0.1, 0.15) is 11.5 Å². The van der Waals surface area contributed by atoms with Crippen LogP contribution < -0.4 is 15.0 Å². The second-order valence-corrected chi connectivity index (χ2v) is 7.32. The van der Waals surface area contributed by atoms with E-state index >= 15 is 0 Å². The standard InChI is InChI=1S/C20H19N3O4S/c1-12-13(22-20(26-12)17-8-5-9-28-17)10-18(24)23-11-16(19(25)21-2)27-15-7-4-3-6-14(15)23/h3-9,16H,10-11H2,1-2H3,(H,21,25). The number of para-hydroxylation sites is 2. The van der Waals surface area contributed by atoms with Crippen molar-refractivity contribution in [1.29, 1.82) is 0 Å². The first-order chi connectivity index (χ1) is 13.6. The van der Waals surface area contributed by atoms with E-state index in [1.165, 1.54) is 11.3 Å². The lowest BCUT2D eigenvalue weighted by atomic mass is 10.1. The summed E-state index contributed by atoms with van der Waals surface area (Å²) in [6, 6.07) is 11.0. The van der Waals surface area contributed by atoms with E-state index in [0.717, 1.165) is 4.88 Å². The molecule has 3 aromatic rings. The van der Waals surface area contributed by atoms with Gasteiger partial charge in [0.05, 0.1) is 29.2 Å². The van der Waals surface area contributed by atoms with Crippen LogP contribution in [0.5, 0.6) is 5.75 Å². The number of fused-ring (bicyclic) bond motifs is 1. The van der Waals surface area contributed by atoms with Gasteiger partial charge in [-0.25, -0.2) is 4.98 Å². The van der Waals surface area contributed by atoms with Crippen LogP contribution in [0.4, 0.5) is 5.69 Å². The van der Waals surface area contributed by atoms with Crippen LogP contribution >= 0.6 is 11.3 Å². The quantitative estimate of drug-likeness (QED) is 0.732. The number of hydrogen-bond donors (Lipinski definition) is 1. The first-order valence-electron chi connectivity index (χ1n) is 8.84. The minimum atomic E-state index is -0.760. The van der Waals surface area contributed by atoms with Gasteiger partial charge in [-0.3, -0.25) is 9.59 Å². The topological polar surface area (TPSA) is 84.7 Å². The van der Waals surface area contributed by atoms with Crippen molar-refractivity contribution in [2.45, 2.75) is 19.4 Å². The van der Waals surface area contributed by atoms with Crippen molar-refractivity contribution in [3.8, 4) is 16.5 Å². The number of carbonyl (C=O) groups is 2. The van der Waals surface area contributed by atoms with Gasteiger partial charge >= 0.3 is 0 Å². The number of hydrogen-bond acceptors (Lipinski definition) is 6. The molecule has 0 aliphatic carbocycles. The fraction of sp³-hybridized carbons (Fsp3) is 0.250. The Balaban J connectivity index is 1.60. The zero-order chi connectivity index (χ0) is 19.7. The largest absolute Gasteiger partial charge is 0.477 e. The van der Waals surface area contributed by atoms with Crippen LogP contribution in [-0.2, 0) is 16.0 Å². The van der Waals surface area contributed by atoms with Gasteiger partial charge in [0.25, 0.3) is 5.91 Å².